The van der Waals surface area contributed by atoms with Crippen LogP contribution in [0.15, 0.2) is 121 Å². The maximum Gasteiger partial charge on any atom is 0.367 e. The molecule has 15 heteroatoms. The Balaban J connectivity index is 1.50. The van der Waals surface area contributed by atoms with E-state index in [1.54, 1.807) is 63.2 Å². The third kappa shape index (κ3) is 9.62. The van der Waals surface area contributed by atoms with Crippen molar-refractivity contribution in [1.29, 1.82) is 0 Å². The number of oxime groups is 2. The molecule has 0 heterocycles. The highest BCUT2D eigenvalue weighted by Gasteiger charge is 2.25. The molecule has 0 spiro atoms. The molecule has 0 aromatic heterocycles. The number of aryl methyl sites for hydroxylation is 2. The van der Waals surface area contributed by atoms with Crippen molar-refractivity contribution in [2.24, 2.45) is 10.3 Å². The van der Waals surface area contributed by atoms with Crippen molar-refractivity contribution in [2.75, 3.05) is 14.2 Å². The summed E-state index contributed by atoms with van der Waals surface area (Å²) in [5.74, 6) is -0.335. The van der Waals surface area contributed by atoms with Gasteiger partial charge >= 0.3 is 26.2 Å². The van der Waals surface area contributed by atoms with E-state index in [9.17, 15) is 21.6 Å². The van der Waals surface area contributed by atoms with E-state index in [0.717, 1.165) is 34.9 Å². The lowest BCUT2D eigenvalue weighted by Gasteiger charge is -2.14. The predicted molar refractivity (Wildman–Crippen MR) is 185 cm³/mol. The van der Waals surface area contributed by atoms with Crippen LogP contribution < -0.4 is 4.74 Å². The molecule has 0 amide bonds. The van der Waals surface area contributed by atoms with Gasteiger partial charge in [-0.15, -0.1) is 0 Å². The molecule has 252 valence electrons. The van der Waals surface area contributed by atoms with Gasteiger partial charge in [0, 0.05) is 9.79 Å². The fourth-order valence-corrected chi connectivity index (χ4v) is 8.06. The first-order valence-electron chi connectivity index (χ1n) is 14.1. The van der Waals surface area contributed by atoms with Gasteiger partial charge in [0.2, 0.25) is 5.04 Å². The van der Waals surface area contributed by atoms with E-state index in [-0.39, 0.29) is 14.8 Å². The zero-order chi connectivity index (χ0) is 34.9. The van der Waals surface area contributed by atoms with Crippen LogP contribution in [0.2, 0.25) is 0 Å². The molecule has 0 unspecified atom stereocenters. The number of thioether (sulfide) groups is 2. The Bertz CT molecular complexity index is 2030. The third-order valence-corrected chi connectivity index (χ3v) is 11.0. The molecule has 0 fully saturated rings. The molecule has 0 atom stereocenters. The number of esters is 1. The fraction of sp³-hybridized carbons (Fsp3) is 0.182. The van der Waals surface area contributed by atoms with E-state index in [1.165, 1.54) is 43.1 Å². The third-order valence-electron chi connectivity index (χ3n) is 6.54. The van der Waals surface area contributed by atoms with Crippen molar-refractivity contribution >= 4 is 59.8 Å². The van der Waals surface area contributed by atoms with Crippen LogP contribution in [0.5, 0.6) is 5.75 Å². The summed E-state index contributed by atoms with van der Waals surface area (Å²) in [4.78, 5) is 13.6. The van der Waals surface area contributed by atoms with Gasteiger partial charge in [0.05, 0.1) is 14.2 Å². The van der Waals surface area contributed by atoms with Crippen LogP contribution >= 0.6 is 23.5 Å². The average Bonchev–Trinajstić information content (AvgIpc) is 3.06. The predicted octanol–water partition coefficient (Wildman–Crippen LogP) is 6.72. The number of ether oxygens (including phenoxy) is 2. The molecule has 0 saturated carbocycles. The first kappa shape index (κ1) is 36.5. The molecule has 0 aliphatic heterocycles. The summed E-state index contributed by atoms with van der Waals surface area (Å²) in [5, 5.41) is 7.56. The Kier molecular flexibility index (Phi) is 12.3. The monoisotopic (exact) mass is 728 g/mol. The summed E-state index contributed by atoms with van der Waals surface area (Å²) in [6, 6.07) is 25.5. The largest absolute Gasteiger partial charge is 0.497 e. The summed E-state index contributed by atoms with van der Waals surface area (Å²) in [7, 11) is -5.89. The Morgan fingerprint density at radius 2 is 1.35 bits per heavy atom. The molecule has 0 aliphatic rings. The standard InChI is InChI=1S/C33H32N2O9S4/c1-22-19-25(20-23(2)31(22)48(39,40)44-35-32(33(36)42-5)46-28-12-7-6-8-13-28)21-26-11-9-10-14-30(26)45-24(3)34-43-47(37,38)29-17-15-27(41-4)16-18-29/h6-20H,21H2,1-5H3/b34-24-,35-32-. The summed E-state index contributed by atoms with van der Waals surface area (Å²) in [5.41, 5.74) is 2.57. The number of methoxy groups -OCH3 is 2. The normalized spacial score (nSPS) is 12.4. The highest BCUT2D eigenvalue weighted by molar-refractivity contribution is 8.15. The van der Waals surface area contributed by atoms with Crippen LogP contribution in [0.4, 0.5) is 0 Å². The quantitative estimate of drug-likeness (QED) is 0.0533. The zero-order valence-corrected chi connectivity index (χ0v) is 29.8. The summed E-state index contributed by atoms with van der Waals surface area (Å²) < 4.78 is 71.5. The first-order valence-corrected chi connectivity index (χ1v) is 18.6. The number of rotatable bonds is 11. The van der Waals surface area contributed by atoms with Gasteiger partial charge in [-0.3, -0.25) is 8.57 Å². The maximum absolute atomic E-state index is 13.3. The van der Waals surface area contributed by atoms with Crippen LogP contribution in [0.25, 0.3) is 0 Å². The van der Waals surface area contributed by atoms with Gasteiger partial charge in [-0.05, 0) is 91.9 Å². The van der Waals surface area contributed by atoms with Crippen molar-refractivity contribution in [1.82, 2.24) is 0 Å². The topological polar surface area (TPSA) is 147 Å². The Morgan fingerprint density at radius 1 is 0.750 bits per heavy atom. The van der Waals surface area contributed by atoms with Crippen molar-refractivity contribution in [3.05, 3.63) is 113 Å². The highest BCUT2D eigenvalue weighted by atomic mass is 32.2. The molecule has 0 aliphatic carbocycles. The SMILES string of the molecule is COC(=O)/C(=N/OS(=O)(=O)c1c(C)cc(Cc2ccccc2S/C(C)=N\OS(=O)(=O)c2ccc(OC)cc2)cc1C)Sc1ccccc1. The van der Waals surface area contributed by atoms with Crippen molar-refractivity contribution < 1.29 is 39.7 Å². The second-order valence-corrected chi connectivity index (χ2v) is 15.4. The maximum atomic E-state index is 13.3. The lowest BCUT2D eigenvalue weighted by atomic mass is 10.0. The number of nitrogens with zero attached hydrogens (tertiary/aromatic N) is 2. The number of carbonyl (C=O) groups is 1. The Hall–Kier alpha value is -4.31. The van der Waals surface area contributed by atoms with Gasteiger partial charge in [-0.1, -0.05) is 82.4 Å². The highest BCUT2D eigenvalue weighted by Crippen LogP contribution is 2.30. The van der Waals surface area contributed by atoms with E-state index in [1.807, 2.05) is 24.3 Å². The summed E-state index contributed by atoms with van der Waals surface area (Å²) in [6.07, 6.45) is 0.433. The molecule has 0 saturated heterocycles. The minimum absolute atomic E-state index is 0.0615. The number of hydrogen-bond acceptors (Lipinski definition) is 13. The first-order chi connectivity index (χ1) is 22.8. The van der Waals surface area contributed by atoms with Gasteiger partial charge in [0.25, 0.3) is 0 Å². The van der Waals surface area contributed by atoms with Crippen molar-refractivity contribution in [3.63, 3.8) is 0 Å². The van der Waals surface area contributed by atoms with Gasteiger partial charge < -0.3 is 9.47 Å². The molecule has 0 bridgehead atoms. The van der Waals surface area contributed by atoms with Crippen LogP contribution in [-0.2, 0) is 44.8 Å². The van der Waals surface area contributed by atoms with Crippen LogP contribution in [0.1, 0.15) is 29.2 Å². The van der Waals surface area contributed by atoms with Crippen molar-refractivity contribution in [3.8, 4) is 5.75 Å². The summed E-state index contributed by atoms with van der Waals surface area (Å²) >= 11 is 2.14. The fourth-order valence-electron chi connectivity index (χ4n) is 4.48. The Labute approximate surface area is 288 Å². The van der Waals surface area contributed by atoms with Gasteiger partial charge in [0.1, 0.15) is 20.6 Å². The van der Waals surface area contributed by atoms with E-state index in [0.29, 0.717) is 33.2 Å². The van der Waals surface area contributed by atoms with Crippen molar-refractivity contribution in [2.45, 2.75) is 46.8 Å². The minimum Gasteiger partial charge on any atom is -0.497 e. The van der Waals surface area contributed by atoms with E-state index in [4.69, 9.17) is 18.0 Å². The lowest BCUT2D eigenvalue weighted by molar-refractivity contribution is -0.132. The lowest BCUT2D eigenvalue weighted by Crippen LogP contribution is -2.15. The van der Waals surface area contributed by atoms with Gasteiger partial charge in [0.15, 0.2) is 0 Å². The molecule has 0 N–H and O–H groups in total. The Morgan fingerprint density at radius 3 is 1.98 bits per heavy atom. The van der Waals surface area contributed by atoms with Gasteiger partial charge in [-0.2, -0.15) is 16.8 Å². The molecule has 4 aromatic rings. The zero-order valence-electron chi connectivity index (χ0n) is 26.6. The van der Waals surface area contributed by atoms with Crippen LogP contribution in [-0.4, -0.2) is 47.1 Å². The van der Waals surface area contributed by atoms with E-state index < -0.39 is 26.2 Å². The molecule has 4 aromatic carbocycles. The minimum atomic E-state index is -4.40. The molecule has 0 radical (unpaired) electrons. The number of hydrogen-bond donors (Lipinski definition) is 0. The second-order valence-electron chi connectivity index (χ2n) is 10.1. The molecule has 11 nitrogen and oxygen atoms in total. The number of benzene rings is 4. The van der Waals surface area contributed by atoms with E-state index in [2.05, 4.69) is 10.3 Å². The number of carbonyl (C=O) groups excluding carboxylic acids is 1. The van der Waals surface area contributed by atoms with Gasteiger partial charge in [-0.25, -0.2) is 4.79 Å². The van der Waals surface area contributed by atoms with Crippen LogP contribution in [0.3, 0.4) is 0 Å². The summed E-state index contributed by atoms with van der Waals surface area (Å²) in [6.45, 7) is 4.92. The average molecular weight is 729 g/mol. The molecule has 4 rings (SSSR count). The van der Waals surface area contributed by atoms with E-state index >= 15 is 0 Å². The molecular weight excluding hydrogens is 697 g/mol. The molecular formula is C33H32N2O9S4. The van der Waals surface area contributed by atoms with Crippen LogP contribution in [0, 0.1) is 13.8 Å². The smallest absolute Gasteiger partial charge is 0.367 e. The second kappa shape index (κ2) is 16.2. The molecule has 48 heavy (non-hydrogen) atoms.